The molecule has 0 amide bonds. The third-order valence-corrected chi connectivity index (χ3v) is 4.39. The minimum atomic E-state index is -4.64. The van der Waals surface area contributed by atoms with Gasteiger partial charge in [-0.05, 0) is 43.9 Å². The molecule has 140 valence electrons. The summed E-state index contributed by atoms with van der Waals surface area (Å²) in [6.07, 6.45) is 0.812. The average molecular weight is 369 g/mol. The zero-order chi connectivity index (χ0) is 18.7. The normalized spacial score (nSPS) is 15.7. The molecule has 8 heteroatoms. The highest BCUT2D eigenvalue weighted by Gasteiger charge is 2.37. The number of benzene rings is 1. The fourth-order valence-electron chi connectivity index (χ4n) is 3.01. The van der Waals surface area contributed by atoms with Crippen LogP contribution in [0, 0.1) is 5.82 Å². The van der Waals surface area contributed by atoms with Gasteiger partial charge in [0.05, 0.1) is 0 Å². The van der Waals surface area contributed by atoms with Gasteiger partial charge in [-0.3, -0.25) is 0 Å². The lowest BCUT2D eigenvalue weighted by atomic mass is 9.98. The summed E-state index contributed by atoms with van der Waals surface area (Å²) in [6.45, 7) is 0. The van der Waals surface area contributed by atoms with Crippen LogP contribution >= 0.6 is 0 Å². The van der Waals surface area contributed by atoms with E-state index in [-0.39, 0.29) is 23.6 Å². The minimum Gasteiger partial charge on any atom is -0.460 e. The molecule has 2 aromatic rings. The highest BCUT2D eigenvalue weighted by atomic mass is 19.4. The zero-order valence-corrected chi connectivity index (χ0v) is 14.3. The fourth-order valence-corrected chi connectivity index (χ4v) is 3.01. The van der Waals surface area contributed by atoms with Gasteiger partial charge in [0.2, 0.25) is 0 Å². The van der Waals surface area contributed by atoms with Crippen molar-refractivity contribution in [2.45, 2.75) is 44.4 Å². The van der Waals surface area contributed by atoms with Gasteiger partial charge >= 0.3 is 12.2 Å². The van der Waals surface area contributed by atoms with E-state index in [2.05, 4.69) is 9.97 Å². The van der Waals surface area contributed by atoms with Crippen LogP contribution in [-0.4, -0.2) is 23.1 Å². The van der Waals surface area contributed by atoms with Crippen LogP contribution in [0.3, 0.4) is 0 Å². The Kier molecular flexibility index (Phi) is 5.29. The van der Waals surface area contributed by atoms with Crippen LogP contribution in [-0.2, 0) is 6.18 Å². The van der Waals surface area contributed by atoms with Crippen LogP contribution in [0.2, 0.25) is 0 Å². The highest BCUT2D eigenvalue weighted by molar-refractivity contribution is 5.62. The molecule has 1 aromatic carbocycles. The van der Waals surface area contributed by atoms with Gasteiger partial charge in [-0.2, -0.15) is 18.2 Å². The SMILES string of the molecule is CN(c1cccc(F)c1)c1nc(OC2CCCCC2)ncc1C(F)(F)F. The molecule has 1 fully saturated rings. The van der Waals surface area contributed by atoms with Crippen LogP contribution in [0.5, 0.6) is 6.01 Å². The topological polar surface area (TPSA) is 38.2 Å². The summed E-state index contributed by atoms with van der Waals surface area (Å²) < 4.78 is 59.3. The van der Waals surface area contributed by atoms with E-state index in [0.717, 1.165) is 44.4 Å². The Hall–Kier alpha value is -2.38. The molecule has 1 aromatic heterocycles. The van der Waals surface area contributed by atoms with E-state index in [1.54, 1.807) is 0 Å². The van der Waals surface area contributed by atoms with Crippen molar-refractivity contribution in [2.75, 3.05) is 11.9 Å². The second kappa shape index (κ2) is 7.47. The van der Waals surface area contributed by atoms with Crippen LogP contribution in [0.1, 0.15) is 37.7 Å². The Bertz CT molecular complexity index is 760. The lowest BCUT2D eigenvalue weighted by Gasteiger charge is -2.25. The number of hydrogen-bond acceptors (Lipinski definition) is 4. The molecule has 0 atom stereocenters. The van der Waals surface area contributed by atoms with Crippen molar-refractivity contribution in [3.8, 4) is 6.01 Å². The predicted molar refractivity (Wildman–Crippen MR) is 89.0 cm³/mol. The molecule has 1 heterocycles. The van der Waals surface area contributed by atoms with Gasteiger partial charge in [0.15, 0.2) is 5.82 Å². The summed E-state index contributed by atoms with van der Waals surface area (Å²) in [5.74, 6) is -0.917. The van der Waals surface area contributed by atoms with Gasteiger partial charge in [-0.1, -0.05) is 12.5 Å². The maximum absolute atomic E-state index is 13.5. The van der Waals surface area contributed by atoms with E-state index in [0.29, 0.717) is 0 Å². The Labute approximate surface area is 148 Å². The molecule has 0 unspecified atom stereocenters. The first-order chi connectivity index (χ1) is 12.3. The monoisotopic (exact) mass is 369 g/mol. The van der Waals surface area contributed by atoms with Crippen LogP contribution < -0.4 is 9.64 Å². The molecule has 1 aliphatic rings. The number of halogens is 4. The summed E-state index contributed by atoms with van der Waals surface area (Å²) in [6, 6.07) is 5.20. The Morgan fingerprint density at radius 2 is 1.88 bits per heavy atom. The largest absolute Gasteiger partial charge is 0.460 e. The van der Waals surface area contributed by atoms with Crippen LogP contribution in [0.15, 0.2) is 30.5 Å². The Morgan fingerprint density at radius 1 is 1.15 bits per heavy atom. The van der Waals surface area contributed by atoms with Gasteiger partial charge in [0, 0.05) is 18.9 Å². The first kappa shape index (κ1) is 18.4. The standard InChI is InChI=1S/C18H19F4N3O/c1-25(13-7-5-6-12(19)10-13)16-15(18(20,21)22)11-23-17(24-16)26-14-8-3-2-4-9-14/h5-7,10-11,14H,2-4,8-9H2,1H3. The number of rotatable bonds is 4. The van der Waals surface area contributed by atoms with E-state index in [9.17, 15) is 17.6 Å². The number of alkyl halides is 3. The van der Waals surface area contributed by atoms with Crippen LogP contribution in [0.4, 0.5) is 29.1 Å². The molecule has 0 saturated heterocycles. The lowest BCUT2D eigenvalue weighted by Crippen LogP contribution is -2.23. The van der Waals surface area contributed by atoms with Gasteiger partial charge in [0.25, 0.3) is 0 Å². The molecule has 1 aliphatic carbocycles. The zero-order valence-electron chi connectivity index (χ0n) is 14.3. The molecule has 0 aliphatic heterocycles. The van der Waals surface area contributed by atoms with Crippen molar-refractivity contribution in [3.05, 3.63) is 41.8 Å². The molecular weight excluding hydrogens is 350 g/mol. The molecule has 0 spiro atoms. The molecule has 0 bridgehead atoms. The van der Waals surface area contributed by atoms with Crippen molar-refractivity contribution >= 4 is 11.5 Å². The third-order valence-electron chi connectivity index (χ3n) is 4.39. The van der Waals surface area contributed by atoms with Crippen molar-refractivity contribution in [1.82, 2.24) is 9.97 Å². The number of aromatic nitrogens is 2. The summed E-state index contributed by atoms with van der Waals surface area (Å²) in [4.78, 5) is 8.91. The first-order valence-electron chi connectivity index (χ1n) is 8.45. The third kappa shape index (κ3) is 4.23. The van der Waals surface area contributed by atoms with Gasteiger partial charge in [-0.25, -0.2) is 9.37 Å². The maximum atomic E-state index is 13.5. The number of nitrogens with zero attached hydrogens (tertiary/aromatic N) is 3. The number of hydrogen-bond donors (Lipinski definition) is 0. The molecule has 1 saturated carbocycles. The van der Waals surface area contributed by atoms with E-state index in [1.165, 1.54) is 30.1 Å². The number of anilines is 2. The quantitative estimate of drug-likeness (QED) is 0.702. The highest BCUT2D eigenvalue weighted by Crippen LogP contribution is 2.38. The Balaban J connectivity index is 1.95. The summed E-state index contributed by atoms with van der Waals surface area (Å²) in [5, 5.41) is 0. The molecule has 26 heavy (non-hydrogen) atoms. The second-order valence-electron chi connectivity index (χ2n) is 6.30. The second-order valence-corrected chi connectivity index (χ2v) is 6.30. The molecule has 0 N–H and O–H groups in total. The van der Waals surface area contributed by atoms with Crippen molar-refractivity contribution in [1.29, 1.82) is 0 Å². The van der Waals surface area contributed by atoms with Crippen molar-refractivity contribution < 1.29 is 22.3 Å². The van der Waals surface area contributed by atoms with Crippen molar-refractivity contribution in [2.24, 2.45) is 0 Å². The summed E-state index contributed by atoms with van der Waals surface area (Å²) in [5.41, 5.74) is -0.752. The van der Waals surface area contributed by atoms with Crippen LogP contribution in [0.25, 0.3) is 0 Å². The van der Waals surface area contributed by atoms with E-state index < -0.39 is 17.6 Å². The fraction of sp³-hybridized carbons (Fsp3) is 0.444. The lowest BCUT2D eigenvalue weighted by molar-refractivity contribution is -0.137. The minimum absolute atomic E-state index is 0.0900. The molecule has 0 radical (unpaired) electrons. The first-order valence-corrected chi connectivity index (χ1v) is 8.45. The van der Waals surface area contributed by atoms with E-state index in [1.807, 2.05) is 0 Å². The summed E-state index contributed by atoms with van der Waals surface area (Å²) in [7, 11) is 1.40. The predicted octanol–water partition coefficient (Wildman–Crippen LogP) is 5.11. The maximum Gasteiger partial charge on any atom is 0.421 e. The average Bonchev–Trinajstić information content (AvgIpc) is 2.61. The van der Waals surface area contributed by atoms with E-state index in [4.69, 9.17) is 4.74 Å². The number of ether oxygens (including phenoxy) is 1. The molecule has 4 nitrogen and oxygen atoms in total. The van der Waals surface area contributed by atoms with Gasteiger partial charge in [0.1, 0.15) is 17.5 Å². The van der Waals surface area contributed by atoms with Crippen molar-refractivity contribution in [3.63, 3.8) is 0 Å². The smallest absolute Gasteiger partial charge is 0.421 e. The van der Waals surface area contributed by atoms with E-state index >= 15 is 0 Å². The Morgan fingerprint density at radius 3 is 2.54 bits per heavy atom. The van der Waals surface area contributed by atoms with Gasteiger partial charge < -0.3 is 9.64 Å². The summed E-state index contributed by atoms with van der Waals surface area (Å²) >= 11 is 0. The van der Waals surface area contributed by atoms with Gasteiger partial charge in [-0.15, -0.1) is 0 Å². The molecular formula is C18H19F4N3O. The molecule has 3 rings (SSSR count).